The van der Waals surface area contributed by atoms with E-state index >= 15 is 0 Å². The van der Waals surface area contributed by atoms with E-state index in [1.54, 1.807) is 30.2 Å². The van der Waals surface area contributed by atoms with Crippen LogP contribution in [0.1, 0.15) is 48.0 Å². The summed E-state index contributed by atoms with van der Waals surface area (Å²) in [5, 5.41) is 6.06. The molecule has 1 fully saturated rings. The van der Waals surface area contributed by atoms with E-state index in [0.29, 0.717) is 44.4 Å². The van der Waals surface area contributed by atoms with Gasteiger partial charge in [-0.05, 0) is 45.0 Å². The monoisotopic (exact) mass is 468 g/mol. The number of piperazine rings is 1. The Morgan fingerprint density at radius 3 is 2.50 bits per heavy atom. The van der Waals surface area contributed by atoms with Crippen molar-refractivity contribution in [2.75, 3.05) is 49.5 Å². The largest absolute Gasteiger partial charge is 0.466 e. The lowest BCUT2D eigenvalue weighted by molar-refractivity contribution is -0.142. The van der Waals surface area contributed by atoms with Gasteiger partial charge in [0.25, 0.3) is 11.8 Å². The van der Waals surface area contributed by atoms with Crippen LogP contribution in [0.5, 0.6) is 0 Å². The second kappa shape index (κ2) is 12.0. The number of carbonyl (C=O) groups is 3. The molecule has 0 bridgehead atoms. The van der Waals surface area contributed by atoms with Crippen LogP contribution >= 0.6 is 0 Å². The van der Waals surface area contributed by atoms with E-state index in [1.807, 2.05) is 12.1 Å². The molecule has 1 saturated heterocycles. The Hall–Kier alpha value is -3.69. The first kappa shape index (κ1) is 24.9. The average molecular weight is 469 g/mol. The predicted molar refractivity (Wildman–Crippen MR) is 129 cm³/mol. The average Bonchev–Trinajstić information content (AvgIpc) is 2.84. The quantitative estimate of drug-likeness (QED) is 0.537. The standard InChI is InChI=1S/C24H32N6O4/c1-4-34-21(31)9-11-26-23(32)18-7-8-20(27-16-18)24(33)30-14-12-29(13-15-30)22-19(28-17(2)3)6-5-10-25-22/h5-8,10,16-17,28H,4,9,11-15H2,1-3H3,(H,26,32). The lowest BCUT2D eigenvalue weighted by atomic mass is 10.2. The first-order valence-corrected chi connectivity index (χ1v) is 11.5. The first-order valence-electron chi connectivity index (χ1n) is 11.5. The van der Waals surface area contributed by atoms with Crippen molar-refractivity contribution in [3.63, 3.8) is 0 Å². The van der Waals surface area contributed by atoms with Gasteiger partial charge in [-0.2, -0.15) is 0 Å². The second-order valence-corrected chi connectivity index (χ2v) is 8.20. The maximum atomic E-state index is 12.9. The van der Waals surface area contributed by atoms with Crippen molar-refractivity contribution in [2.24, 2.45) is 0 Å². The minimum Gasteiger partial charge on any atom is -0.466 e. The highest BCUT2D eigenvalue weighted by Crippen LogP contribution is 2.24. The van der Waals surface area contributed by atoms with Crippen molar-refractivity contribution >= 4 is 29.3 Å². The Morgan fingerprint density at radius 1 is 1.09 bits per heavy atom. The molecular weight excluding hydrogens is 436 g/mol. The van der Waals surface area contributed by atoms with E-state index in [0.717, 1.165) is 11.5 Å². The number of anilines is 2. The molecule has 10 heteroatoms. The minimum atomic E-state index is -0.363. The van der Waals surface area contributed by atoms with Crippen molar-refractivity contribution in [1.29, 1.82) is 0 Å². The summed E-state index contributed by atoms with van der Waals surface area (Å²) in [6.45, 7) is 8.80. The molecule has 0 spiro atoms. The van der Waals surface area contributed by atoms with E-state index in [9.17, 15) is 14.4 Å². The van der Waals surface area contributed by atoms with Crippen LogP contribution < -0.4 is 15.5 Å². The zero-order valence-corrected chi connectivity index (χ0v) is 19.9. The maximum Gasteiger partial charge on any atom is 0.307 e. The Balaban J connectivity index is 1.52. The van der Waals surface area contributed by atoms with Gasteiger partial charge in [-0.25, -0.2) is 4.98 Å². The molecule has 0 radical (unpaired) electrons. The van der Waals surface area contributed by atoms with Crippen LogP contribution in [-0.2, 0) is 9.53 Å². The fourth-order valence-electron chi connectivity index (χ4n) is 3.62. The van der Waals surface area contributed by atoms with E-state index < -0.39 is 0 Å². The van der Waals surface area contributed by atoms with Gasteiger partial charge in [-0.1, -0.05) is 0 Å². The molecule has 0 aliphatic carbocycles. The molecule has 10 nitrogen and oxygen atoms in total. The highest BCUT2D eigenvalue weighted by atomic mass is 16.5. The molecule has 3 rings (SSSR count). The summed E-state index contributed by atoms with van der Waals surface area (Å²) >= 11 is 0. The van der Waals surface area contributed by atoms with Gasteiger partial charge in [0, 0.05) is 51.2 Å². The molecule has 2 aromatic heterocycles. The van der Waals surface area contributed by atoms with Crippen LogP contribution in [0.3, 0.4) is 0 Å². The fourth-order valence-corrected chi connectivity index (χ4v) is 3.62. The summed E-state index contributed by atoms with van der Waals surface area (Å²) in [4.78, 5) is 49.1. The number of esters is 1. The zero-order chi connectivity index (χ0) is 24.5. The zero-order valence-electron chi connectivity index (χ0n) is 19.9. The van der Waals surface area contributed by atoms with E-state index in [2.05, 4.69) is 39.3 Å². The molecule has 1 aliphatic heterocycles. The number of carbonyl (C=O) groups excluding carboxylic acids is 3. The first-order chi connectivity index (χ1) is 16.4. The number of ether oxygens (including phenoxy) is 1. The molecule has 2 amide bonds. The van der Waals surface area contributed by atoms with Crippen LogP contribution in [0.4, 0.5) is 11.5 Å². The molecule has 0 atom stereocenters. The summed E-state index contributed by atoms with van der Waals surface area (Å²) in [6.07, 6.45) is 3.25. The summed E-state index contributed by atoms with van der Waals surface area (Å²) in [5.41, 5.74) is 1.59. The normalized spacial score (nSPS) is 13.5. The van der Waals surface area contributed by atoms with Gasteiger partial charge in [0.1, 0.15) is 5.69 Å². The number of hydrogen-bond acceptors (Lipinski definition) is 8. The Morgan fingerprint density at radius 2 is 1.85 bits per heavy atom. The van der Waals surface area contributed by atoms with Crippen molar-refractivity contribution in [3.8, 4) is 0 Å². The SMILES string of the molecule is CCOC(=O)CCNC(=O)c1ccc(C(=O)N2CCN(c3ncccc3NC(C)C)CC2)nc1. The third-order valence-electron chi connectivity index (χ3n) is 5.26. The Bertz CT molecular complexity index is 987. The van der Waals surface area contributed by atoms with E-state index in [1.165, 1.54) is 6.20 Å². The predicted octanol–water partition coefficient (Wildman–Crippen LogP) is 1.94. The Kier molecular flexibility index (Phi) is 8.78. The molecule has 0 unspecified atom stereocenters. The van der Waals surface area contributed by atoms with Crippen LogP contribution in [-0.4, -0.2) is 78.0 Å². The highest BCUT2D eigenvalue weighted by molar-refractivity contribution is 5.96. The van der Waals surface area contributed by atoms with Gasteiger partial charge in [-0.15, -0.1) is 0 Å². The van der Waals surface area contributed by atoms with Crippen LogP contribution in [0, 0.1) is 0 Å². The molecule has 2 N–H and O–H groups in total. The van der Waals surface area contributed by atoms with Gasteiger partial charge in [-0.3, -0.25) is 19.4 Å². The van der Waals surface area contributed by atoms with Gasteiger partial charge in [0.15, 0.2) is 5.82 Å². The molecule has 0 aromatic carbocycles. The second-order valence-electron chi connectivity index (χ2n) is 8.20. The summed E-state index contributed by atoms with van der Waals surface area (Å²) in [6, 6.07) is 7.33. The fraction of sp³-hybridized carbons (Fsp3) is 0.458. The van der Waals surface area contributed by atoms with Gasteiger partial charge < -0.3 is 25.2 Å². The third-order valence-corrected chi connectivity index (χ3v) is 5.26. The molecular formula is C24H32N6O4. The van der Waals surface area contributed by atoms with Crippen LogP contribution in [0.15, 0.2) is 36.7 Å². The molecule has 2 aromatic rings. The van der Waals surface area contributed by atoms with Gasteiger partial charge in [0.05, 0.1) is 24.3 Å². The molecule has 0 saturated carbocycles. The van der Waals surface area contributed by atoms with E-state index in [-0.39, 0.29) is 36.4 Å². The topological polar surface area (TPSA) is 117 Å². The smallest absolute Gasteiger partial charge is 0.307 e. The summed E-state index contributed by atoms with van der Waals surface area (Å²) in [5.74, 6) is -0.00165. The summed E-state index contributed by atoms with van der Waals surface area (Å²) in [7, 11) is 0. The number of aromatic nitrogens is 2. The molecule has 1 aliphatic rings. The van der Waals surface area contributed by atoms with E-state index in [4.69, 9.17) is 4.74 Å². The number of hydrogen-bond donors (Lipinski definition) is 2. The minimum absolute atomic E-state index is 0.100. The number of pyridine rings is 2. The third kappa shape index (κ3) is 6.66. The maximum absolute atomic E-state index is 12.9. The van der Waals surface area contributed by atoms with Crippen LogP contribution in [0.2, 0.25) is 0 Å². The highest BCUT2D eigenvalue weighted by Gasteiger charge is 2.25. The van der Waals surface area contributed by atoms with Crippen LogP contribution in [0.25, 0.3) is 0 Å². The number of rotatable bonds is 9. The molecule has 34 heavy (non-hydrogen) atoms. The lowest BCUT2D eigenvalue weighted by Crippen LogP contribution is -2.49. The van der Waals surface area contributed by atoms with Crippen molar-refractivity contribution in [2.45, 2.75) is 33.2 Å². The van der Waals surface area contributed by atoms with Crippen molar-refractivity contribution in [3.05, 3.63) is 47.9 Å². The molecule has 3 heterocycles. The van der Waals surface area contributed by atoms with Crippen molar-refractivity contribution < 1.29 is 19.1 Å². The summed E-state index contributed by atoms with van der Waals surface area (Å²) < 4.78 is 4.83. The number of amides is 2. The number of nitrogens with zero attached hydrogens (tertiary/aromatic N) is 4. The lowest BCUT2D eigenvalue weighted by Gasteiger charge is -2.36. The van der Waals surface area contributed by atoms with Gasteiger partial charge in [0.2, 0.25) is 0 Å². The van der Waals surface area contributed by atoms with Gasteiger partial charge >= 0.3 is 5.97 Å². The van der Waals surface area contributed by atoms with Crippen molar-refractivity contribution in [1.82, 2.24) is 20.2 Å². The number of nitrogens with one attached hydrogen (secondary N) is 2. The molecule has 182 valence electrons. The Labute approximate surface area is 199 Å².